The van der Waals surface area contributed by atoms with Gasteiger partial charge in [-0.25, -0.2) is 0 Å². The Hall–Kier alpha value is -0.570. The number of aliphatic carboxylic acids is 1. The number of carbonyl (C=O) groups is 1. The zero-order valence-corrected chi connectivity index (χ0v) is 9.71. The lowest BCUT2D eigenvalue weighted by Gasteiger charge is -2.24. The number of rotatable bonds is 5. The van der Waals surface area contributed by atoms with E-state index in [1.165, 1.54) is 0 Å². The summed E-state index contributed by atoms with van der Waals surface area (Å²) in [4.78, 5) is 10.4. The SMILES string of the molecule is CC(CC(N)CC(=O)O)CC(C)(C)C. The summed E-state index contributed by atoms with van der Waals surface area (Å²) in [5.74, 6) is -0.315. The Morgan fingerprint density at radius 2 is 1.93 bits per heavy atom. The topological polar surface area (TPSA) is 63.3 Å². The molecule has 0 amide bonds. The predicted octanol–water partition coefficient (Wildman–Crippen LogP) is 2.25. The number of carboxylic acid groups (broad SMARTS) is 1. The third kappa shape index (κ3) is 8.05. The van der Waals surface area contributed by atoms with Crippen LogP contribution in [0.1, 0.15) is 47.0 Å². The molecule has 0 bridgehead atoms. The number of nitrogens with two attached hydrogens (primary N) is 1. The average molecular weight is 201 g/mol. The van der Waals surface area contributed by atoms with Crippen molar-refractivity contribution < 1.29 is 9.90 Å². The van der Waals surface area contributed by atoms with Crippen molar-refractivity contribution in [2.45, 2.75) is 53.0 Å². The first-order chi connectivity index (χ1) is 6.20. The van der Waals surface area contributed by atoms with Gasteiger partial charge in [-0.05, 0) is 24.2 Å². The molecule has 0 radical (unpaired) electrons. The van der Waals surface area contributed by atoms with Crippen molar-refractivity contribution in [3.8, 4) is 0 Å². The van der Waals surface area contributed by atoms with Gasteiger partial charge in [-0.15, -0.1) is 0 Å². The minimum atomic E-state index is -0.805. The summed E-state index contributed by atoms with van der Waals surface area (Å²) in [6.45, 7) is 8.69. The highest BCUT2D eigenvalue weighted by atomic mass is 16.4. The second kappa shape index (κ2) is 5.35. The lowest BCUT2D eigenvalue weighted by molar-refractivity contribution is -0.137. The Morgan fingerprint density at radius 3 is 2.29 bits per heavy atom. The van der Waals surface area contributed by atoms with Crippen molar-refractivity contribution in [2.75, 3.05) is 0 Å². The van der Waals surface area contributed by atoms with Gasteiger partial charge >= 0.3 is 5.97 Å². The van der Waals surface area contributed by atoms with Crippen molar-refractivity contribution in [3.05, 3.63) is 0 Å². The van der Waals surface area contributed by atoms with Crippen LogP contribution >= 0.6 is 0 Å². The standard InChI is InChI=1S/C11H23NO2/c1-8(7-11(2,3)4)5-9(12)6-10(13)14/h8-9H,5-7,12H2,1-4H3,(H,13,14). The molecule has 14 heavy (non-hydrogen) atoms. The molecule has 0 saturated heterocycles. The third-order valence-corrected chi connectivity index (χ3v) is 2.10. The summed E-state index contributed by atoms with van der Waals surface area (Å²) >= 11 is 0. The van der Waals surface area contributed by atoms with E-state index >= 15 is 0 Å². The molecule has 2 atom stereocenters. The lowest BCUT2D eigenvalue weighted by atomic mass is 9.83. The van der Waals surface area contributed by atoms with Crippen LogP contribution in [0.4, 0.5) is 0 Å². The second-order valence-corrected chi connectivity index (χ2v) is 5.46. The van der Waals surface area contributed by atoms with Gasteiger partial charge in [-0.1, -0.05) is 27.7 Å². The van der Waals surface area contributed by atoms with E-state index in [1.54, 1.807) is 0 Å². The van der Waals surface area contributed by atoms with Crippen molar-refractivity contribution in [2.24, 2.45) is 17.1 Å². The van der Waals surface area contributed by atoms with Crippen LogP contribution < -0.4 is 5.73 Å². The van der Waals surface area contributed by atoms with Gasteiger partial charge < -0.3 is 10.8 Å². The van der Waals surface area contributed by atoms with E-state index in [1.807, 2.05) is 0 Å². The van der Waals surface area contributed by atoms with Crippen molar-refractivity contribution in [1.82, 2.24) is 0 Å². The Labute approximate surface area is 86.7 Å². The van der Waals surface area contributed by atoms with E-state index in [0.29, 0.717) is 11.3 Å². The molecule has 2 unspecified atom stereocenters. The van der Waals surface area contributed by atoms with Gasteiger partial charge in [0.25, 0.3) is 0 Å². The quantitative estimate of drug-likeness (QED) is 0.717. The van der Waals surface area contributed by atoms with E-state index in [2.05, 4.69) is 27.7 Å². The fraction of sp³-hybridized carbons (Fsp3) is 0.909. The smallest absolute Gasteiger partial charge is 0.304 e. The molecule has 0 fully saturated rings. The molecular weight excluding hydrogens is 178 g/mol. The molecule has 0 spiro atoms. The zero-order valence-electron chi connectivity index (χ0n) is 9.71. The Bertz CT molecular complexity index is 184. The highest BCUT2D eigenvalue weighted by Gasteiger charge is 2.18. The predicted molar refractivity (Wildman–Crippen MR) is 58.1 cm³/mol. The van der Waals surface area contributed by atoms with E-state index in [9.17, 15) is 4.79 Å². The van der Waals surface area contributed by atoms with E-state index in [4.69, 9.17) is 10.8 Å². The highest BCUT2D eigenvalue weighted by Crippen LogP contribution is 2.26. The molecule has 0 saturated carbocycles. The Kier molecular flexibility index (Phi) is 5.13. The molecule has 3 nitrogen and oxygen atoms in total. The van der Waals surface area contributed by atoms with Crippen LogP contribution in [0.2, 0.25) is 0 Å². The summed E-state index contributed by atoms with van der Waals surface area (Å²) in [5, 5.41) is 8.55. The lowest BCUT2D eigenvalue weighted by Crippen LogP contribution is -2.27. The second-order valence-electron chi connectivity index (χ2n) is 5.46. The fourth-order valence-corrected chi connectivity index (χ4v) is 1.95. The molecule has 84 valence electrons. The van der Waals surface area contributed by atoms with E-state index < -0.39 is 5.97 Å². The van der Waals surface area contributed by atoms with Crippen LogP contribution in [0.25, 0.3) is 0 Å². The summed E-state index contributed by atoms with van der Waals surface area (Å²) < 4.78 is 0. The van der Waals surface area contributed by atoms with Crippen LogP contribution in [0.3, 0.4) is 0 Å². The monoisotopic (exact) mass is 201 g/mol. The molecule has 0 aliphatic heterocycles. The average Bonchev–Trinajstić information content (AvgIpc) is 1.77. The molecule has 0 aromatic carbocycles. The van der Waals surface area contributed by atoms with Crippen molar-refractivity contribution in [3.63, 3.8) is 0 Å². The summed E-state index contributed by atoms with van der Waals surface area (Å²) in [6, 6.07) is -0.204. The zero-order chi connectivity index (χ0) is 11.4. The first-order valence-electron chi connectivity index (χ1n) is 5.18. The van der Waals surface area contributed by atoms with Gasteiger partial charge in [0.1, 0.15) is 0 Å². The maximum atomic E-state index is 10.4. The van der Waals surface area contributed by atoms with Gasteiger partial charge in [-0.2, -0.15) is 0 Å². The van der Waals surface area contributed by atoms with Crippen LogP contribution in [-0.4, -0.2) is 17.1 Å². The Balaban J connectivity index is 3.82. The van der Waals surface area contributed by atoms with Crippen molar-refractivity contribution >= 4 is 5.97 Å². The van der Waals surface area contributed by atoms with Gasteiger partial charge in [0, 0.05) is 6.04 Å². The molecule has 3 N–H and O–H groups in total. The van der Waals surface area contributed by atoms with E-state index in [-0.39, 0.29) is 12.5 Å². The first kappa shape index (κ1) is 13.4. The molecule has 0 aliphatic rings. The van der Waals surface area contributed by atoms with Crippen molar-refractivity contribution in [1.29, 1.82) is 0 Å². The molecule has 0 aromatic rings. The Morgan fingerprint density at radius 1 is 1.43 bits per heavy atom. The van der Waals surface area contributed by atoms with Gasteiger partial charge in [0.15, 0.2) is 0 Å². The third-order valence-electron chi connectivity index (χ3n) is 2.10. The molecule has 0 aliphatic carbocycles. The highest BCUT2D eigenvalue weighted by molar-refractivity contribution is 5.67. The fourth-order valence-electron chi connectivity index (χ4n) is 1.95. The van der Waals surface area contributed by atoms with Gasteiger partial charge in [0.2, 0.25) is 0 Å². The number of hydrogen-bond acceptors (Lipinski definition) is 2. The molecule has 0 rings (SSSR count). The van der Waals surface area contributed by atoms with Crippen LogP contribution in [0.15, 0.2) is 0 Å². The van der Waals surface area contributed by atoms with E-state index in [0.717, 1.165) is 12.8 Å². The minimum absolute atomic E-state index is 0.0779. The summed E-state index contributed by atoms with van der Waals surface area (Å²) in [6.07, 6.45) is 1.96. The molecule has 0 heterocycles. The summed E-state index contributed by atoms with van der Waals surface area (Å²) in [7, 11) is 0. The van der Waals surface area contributed by atoms with Gasteiger partial charge in [0.05, 0.1) is 6.42 Å². The van der Waals surface area contributed by atoms with Crippen LogP contribution in [0.5, 0.6) is 0 Å². The number of hydrogen-bond donors (Lipinski definition) is 2. The molecule has 3 heteroatoms. The van der Waals surface area contributed by atoms with Gasteiger partial charge in [-0.3, -0.25) is 4.79 Å². The normalized spacial score (nSPS) is 16.4. The maximum absolute atomic E-state index is 10.4. The summed E-state index contributed by atoms with van der Waals surface area (Å²) in [5.41, 5.74) is 6.01. The maximum Gasteiger partial charge on any atom is 0.304 e. The molecule has 0 aromatic heterocycles. The number of carboxylic acids is 1. The minimum Gasteiger partial charge on any atom is -0.481 e. The van der Waals surface area contributed by atoms with Crippen LogP contribution in [0, 0.1) is 11.3 Å². The molecular formula is C11H23NO2. The first-order valence-corrected chi connectivity index (χ1v) is 5.18. The largest absolute Gasteiger partial charge is 0.481 e. The van der Waals surface area contributed by atoms with Crippen LogP contribution in [-0.2, 0) is 4.79 Å².